The van der Waals surface area contributed by atoms with Crippen molar-refractivity contribution in [3.8, 4) is 0 Å². The van der Waals surface area contributed by atoms with Crippen LogP contribution in [-0.4, -0.2) is 24.6 Å². The van der Waals surface area contributed by atoms with Crippen molar-refractivity contribution in [1.82, 2.24) is 10.3 Å². The van der Waals surface area contributed by atoms with Crippen LogP contribution in [0.15, 0.2) is 0 Å². The van der Waals surface area contributed by atoms with Crippen LogP contribution in [0.3, 0.4) is 0 Å². The van der Waals surface area contributed by atoms with E-state index in [0.717, 1.165) is 17.2 Å². The fraction of sp³-hybridized carbons (Fsp3) is 0.600. The zero-order chi connectivity index (χ0) is 11.3. The summed E-state index contributed by atoms with van der Waals surface area (Å²) >= 11 is 1.69. The van der Waals surface area contributed by atoms with Crippen LogP contribution in [0, 0.1) is 13.8 Å². The minimum atomic E-state index is -0.181. The van der Waals surface area contributed by atoms with E-state index in [2.05, 4.69) is 15.0 Å². The second-order valence-corrected chi connectivity index (χ2v) is 4.53. The Labute approximate surface area is 93.7 Å². The van der Waals surface area contributed by atoms with Gasteiger partial charge in [-0.2, -0.15) is 0 Å². The second kappa shape index (κ2) is 5.82. The summed E-state index contributed by atoms with van der Waals surface area (Å²) in [7, 11) is 1.40. The van der Waals surface area contributed by atoms with Crippen LogP contribution in [0.1, 0.15) is 22.0 Å². The van der Waals surface area contributed by atoms with Crippen LogP contribution in [0.25, 0.3) is 0 Å². The molecular formula is C10H16N2O2S. The summed E-state index contributed by atoms with van der Waals surface area (Å²) in [5, 5.41) is 4.27. The fourth-order valence-corrected chi connectivity index (χ4v) is 2.14. The summed E-state index contributed by atoms with van der Waals surface area (Å²) < 4.78 is 4.54. The minimum absolute atomic E-state index is 0.181. The fourth-order valence-electron chi connectivity index (χ4n) is 1.23. The van der Waals surface area contributed by atoms with Gasteiger partial charge in [0.2, 0.25) is 0 Å². The normalized spacial score (nSPS) is 10.3. The number of carbonyl (C=O) groups excluding carboxylic acids is 1. The van der Waals surface area contributed by atoms with Crippen LogP contribution in [0.4, 0.5) is 0 Å². The van der Waals surface area contributed by atoms with Crippen LogP contribution >= 0.6 is 11.3 Å². The van der Waals surface area contributed by atoms with Crippen molar-refractivity contribution in [2.45, 2.75) is 26.8 Å². The molecule has 0 radical (unpaired) electrons. The van der Waals surface area contributed by atoms with Gasteiger partial charge in [0.1, 0.15) is 0 Å². The number of hydrogen-bond acceptors (Lipinski definition) is 5. The van der Waals surface area contributed by atoms with Crippen LogP contribution < -0.4 is 5.32 Å². The predicted octanol–water partition coefficient (Wildman–Crippen LogP) is 1.41. The molecule has 0 amide bonds. The summed E-state index contributed by atoms with van der Waals surface area (Å²) in [6.45, 7) is 5.41. The monoisotopic (exact) mass is 228 g/mol. The Morgan fingerprint density at radius 3 is 2.80 bits per heavy atom. The molecule has 0 aromatic carbocycles. The summed E-state index contributed by atoms with van der Waals surface area (Å²) in [6.07, 6.45) is 0.410. The number of hydrogen-bond donors (Lipinski definition) is 1. The van der Waals surface area contributed by atoms with Crippen molar-refractivity contribution in [2.24, 2.45) is 0 Å². The molecule has 0 bridgehead atoms. The standard InChI is InChI=1S/C10H16N2O2S/c1-7-9(15-8(2)12-7)6-11-5-4-10(13)14-3/h11H,4-6H2,1-3H3. The molecule has 0 atom stereocenters. The lowest BCUT2D eigenvalue weighted by molar-refractivity contribution is -0.140. The predicted molar refractivity (Wildman–Crippen MR) is 59.9 cm³/mol. The number of methoxy groups -OCH3 is 1. The number of nitrogens with one attached hydrogen (secondary N) is 1. The molecule has 5 heteroatoms. The van der Waals surface area contributed by atoms with Crippen LogP contribution in [0.2, 0.25) is 0 Å². The lowest BCUT2D eigenvalue weighted by Crippen LogP contribution is -2.18. The number of thiazole rings is 1. The highest BCUT2D eigenvalue weighted by molar-refractivity contribution is 7.11. The second-order valence-electron chi connectivity index (χ2n) is 3.24. The first-order valence-corrected chi connectivity index (χ1v) is 5.65. The highest BCUT2D eigenvalue weighted by Gasteiger charge is 2.04. The highest BCUT2D eigenvalue weighted by atomic mass is 32.1. The van der Waals surface area contributed by atoms with Gasteiger partial charge >= 0.3 is 5.97 Å². The van der Waals surface area contributed by atoms with E-state index in [1.165, 1.54) is 12.0 Å². The molecule has 0 aliphatic carbocycles. The van der Waals surface area contributed by atoms with E-state index in [1.54, 1.807) is 11.3 Å². The number of rotatable bonds is 5. The largest absolute Gasteiger partial charge is 0.469 e. The smallest absolute Gasteiger partial charge is 0.306 e. The molecule has 84 valence electrons. The average molecular weight is 228 g/mol. The first-order chi connectivity index (χ1) is 7.13. The van der Waals surface area contributed by atoms with Crippen LogP contribution in [0.5, 0.6) is 0 Å². The van der Waals surface area contributed by atoms with Gasteiger partial charge in [-0.05, 0) is 13.8 Å². The maximum atomic E-state index is 10.8. The molecule has 1 N–H and O–H groups in total. The summed E-state index contributed by atoms with van der Waals surface area (Å²) in [5.74, 6) is -0.181. The summed E-state index contributed by atoms with van der Waals surface area (Å²) in [6, 6.07) is 0. The number of carbonyl (C=O) groups is 1. The SMILES string of the molecule is COC(=O)CCNCc1sc(C)nc1C. The maximum absolute atomic E-state index is 10.8. The van der Waals surface area contributed by atoms with E-state index < -0.39 is 0 Å². The number of esters is 1. The topological polar surface area (TPSA) is 51.2 Å². The summed E-state index contributed by atoms with van der Waals surface area (Å²) in [4.78, 5) is 16.4. The van der Waals surface area contributed by atoms with E-state index >= 15 is 0 Å². The van der Waals surface area contributed by atoms with Crippen molar-refractivity contribution >= 4 is 17.3 Å². The molecule has 1 aromatic heterocycles. The van der Waals surface area contributed by atoms with E-state index in [0.29, 0.717) is 13.0 Å². The van der Waals surface area contributed by atoms with Gasteiger partial charge in [0.15, 0.2) is 0 Å². The lowest BCUT2D eigenvalue weighted by atomic mass is 10.3. The van der Waals surface area contributed by atoms with Gasteiger partial charge in [0.05, 0.1) is 24.2 Å². The number of nitrogens with zero attached hydrogens (tertiary/aromatic N) is 1. The van der Waals surface area contributed by atoms with Gasteiger partial charge in [0.25, 0.3) is 0 Å². The van der Waals surface area contributed by atoms with Crippen LogP contribution in [-0.2, 0) is 16.1 Å². The van der Waals surface area contributed by atoms with Gasteiger partial charge in [-0.25, -0.2) is 4.98 Å². The molecule has 15 heavy (non-hydrogen) atoms. The third-order valence-electron chi connectivity index (χ3n) is 2.02. The van der Waals surface area contributed by atoms with Crippen molar-refractivity contribution in [3.05, 3.63) is 15.6 Å². The minimum Gasteiger partial charge on any atom is -0.469 e. The highest BCUT2D eigenvalue weighted by Crippen LogP contribution is 2.16. The molecule has 1 aromatic rings. The number of aromatic nitrogens is 1. The Hall–Kier alpha value is -0.940. The molecule has 0 saturated carbocycles. The van der Waals surface area contributed by atoms with Gasteiger partial charge in [-0.1, -0.05) is 0 Å². The molecular weight excluding hydrogens is 212 g/mol. The molecule has 0 unspecified atom stereocenters. The Bertz CT molecular complexity index is 336. The van der Waals surface area contributed by atoms with E-state index in [4.69, 9.17) is 0 Å². The van der Waals surface area contributed by atoms with Gasteiger partial charge in [0, 0.05) is 18.0 Å². The lowest BCUT2D eigenvalue weighted by Gasteiger charge is -2.02. The average Bonchev–Trinajstić information content (AvgIpc) is 2.52. The molecule has 4 nitrogen and oxygen atoms in total. The molecule has 0 aliphatic rings. The van der Waals surface area contributed by atoms with Crippen molar-refractivity contribution in [1.29, 1.82) is 0 Å². The Kier molecular flexibility index (Phi) is 4.71. The summed E-state index contributed by atoms with van der Waals surface area (Å²) in [5.41, 5.74) is 1.07. The Morgan fingerprint density at radius 1 is 1.53 bits per heavy atom. The quantitative estimate of drug-likeness (QED) is 0.611. The van der Waals surface area contributed by atoms with Gasteiger partial charge in [-0.3, -0.25) is 4.79 Å². The number of ether oxygens (including phenoxy) is 1. The maximum Gasteiger partial charge on any atom is 0.306 e. The van der Waals surface area contributed by atoms with E-state index in [-0.39, 0.29) is 5.97 Å². The van der Waals surface area contributed by atoms with Crippen molar-refractivity contribution < 1.29 is 9.53 Å². The first kappa shape index (κ1) is 12.1. The number of aryl methyl sites for hydroxylation is 2. The Morgan fingerprint density at radius 2 is 2.27 bits per heavy atom. The molecule has 1 heterocycles. The van der Waals surface area contributed by atoms with Gasteiger partial charge < -0.3 is 10.1 Å². The van der Waals surface area contributed by atoms with E-state index in [1.807, 2.05) is 13.8 Å². The molecule has 0 spiro atoms. The molecule has 0 saturated heterocycles. The molecule has 0 fully saturated rings. The van der Waals surface area contributed by atoms with Crippen molar-refractivity contribution in [2.75, 3.05) is 13.7 Å². The zero-order valence-electron chi connectivity index (χ0n) is 9.29. The van der Waals surface area contributed by atoms with E-state index in [9.17, 15) is 4.79 Å². The third-order valence-corrected chi connectivity index (χ3v) is 3.09. The molecule has 0 aliphatic heterocycles. The Balaban J connectivity index is 2.26. The van der Waals surface area contributed by atoms with Gasteiger partial charge in [-0.15, -0.1) is 11.3 Å². The molecule has 1 rings (SSSR count). The van der Waals surface area contributed by atoms with Crippen molar-refractivity contribution in [3.63, 3.8) is 0 Å². The zero-order valence-corrected chi connectivity index (χ0v) is 10.1. The third kappa shape index (κ3) is 3.97. The first-order valence-electron chi connectivity index (χ1n) is 4.84.